The second-order valence-electron chi connectivity index (χ2n) is 5.47. The third kappa shape index (κ3) is 5.73. The van der Waals surface area contributed by atoms with Crippen LogP contribution in [0.3, 0.4) is 0 Å². The maximum atomic E-state index is 12.0. The Morgan fingerprint density at radius 1 is 1.18 bits per heavy atom. The van der Waals surface area contributed by atoms with E-state index in [1.54, 1.807) is 19.1 Å². The molecule has 0 fully saturated rings. The average Bonchev–Trinajstić information content (AvgIpc) is 2.53. The molecule has 6 nitrogen and oxygen atoms in total. The summed E-state index contributed by atoms with van der Waals surface area (Å²) in [6, 6.07) is 8.00. The van der Waals surface area contributed by atoms with Gasteiger partial charge in [-0.05, 0) is 31.9 Å². The molecule has 0 aliphatic heterocycles. The van der Waals surface area contributed by atoms with E-state index in [4.69, 9.17) is 5.73 Å². The predicted octanol–water partition coefficient (Wildman–Crippen LogP) is 1.83. The van der Waals surface area contributed by atoms with E-state index in [1.165, 1.54) is 0 Å². The van der Waals surface area contributed by atoms with E-state index in [-0.39, 0.29) is 5.91 Å². The van der Waals surface area contributed by atoms with Crippen LogP contribution in [0, 0.1) is 0 Å². The maximum absolute atomic E-state index is 12.0. The zero-order valence-corrected chi connectivity index (χ0v) is 13.5. The molecular weight excluding hydrogens is 280 g/mol. The molecule has 1 unspecified atom stereocenters. The first-order valence-electron chi connectivity index (χ1n) is 7.59. The van der Waals surface area contributed by atoms with Gasteiger partial charge in [-0.1, -0.05) is 32.0 Å². The first-order chi connectivity index (χ1) is 10.4. The summed E-state index contributed by atoms with van der Waals surface area (Å²) in [6.07, 6.45) is 1.56. The standard InChI is InChI=1S/C16H26N4O2/c1-4-16(17,5-2)11-18-14(21)12(3)19-15(22)20-13-9-7-6-8-10-13/h6-10,12H,4-5,11,17H2,1-3H3,(H,18,21)(H2,19,20,22). The van der Waals surface area contributed by atoms with Crippen LogP contribution in [0.15, 0.2) is 30.3 Å². The Kier molecular flexibility index (Phi) is 6.85. The van der Waals surface area contributed by atoms with Crippen molar-refractivity contribution in [1.29, 1.82) is 0 Å². The largest absolute Gasteiger partial charge is 0.352 e. The highest BCUT2D eigenvalue weighted by Crippen LogP contribution is 2.09. The van der Waals surface area contributed by atoms with Gasteiger partial charge in [0, 0.05) is 17.8 Å². The number of benzene rings is 1. The number of hydrogen-bond acceptors (Lipinski definition) is 3. The minimum absolute atomic E-state index is 0.250. The molecule has 1 aromatic rings. The molecule has 122 valence electrons. The molecule has 1 aromatic carbocycles. The van der Waals surface area contributed by atoms with Gasteiger partial charge in [-0.3, -0.25) is 4.79 Å². The van der Waals surface area contributed by atoms with Gasteiger partial charge in [-0.2, -0.15) is 0 Å². The Balaban J connectivity index is 2.42. The molecule has 0 aliphatic rings. The lowest BCUT2D eigenvalue weighted by Gasteiger charge is -2.27. The van der Waals surface area contributed by atoms with E-state index in [1.807, 2.05) is 32.0 Å². The van der Waals surface area contributed by atoms with Gasteiger partial charge in [0.05, 0.1) is 0 Å². The van der Waals surface area contributed by atoms with Crippen LogP contribution in [0.4, 0.5) is 10.5 Å². The van der Waals surface area contributed by atoms with Crippen LogP contribution in [0.25, 0.3) is 0 Å². The number of para-hydroxylation sites is 1. The molecular formula is C16H26N4O2. The molecule has 0 aromatic heterocycles. The van der Waals surface area contributed by atoms with Crippen molar-refractivity contribution >= 4 is 17.6 Å². The summed E-state index contributed by atoms with van der Waals surface area (Å²) in [4.78, 5) is 23.8. The van der Waals surface area contributed by atoms with Gasteiger partial charge in [0.25, 0.3) is 0 Å². The van der Waals surface area contributed by atoms with Crippen molar-refractivity contribution in [3.05, 3.63) is 30.3 Å². The molecule has 1 rings (SSSR count). The average molecular weight is 306 g/mol. The van der Waals surface area contributed by atoms with Gasteiger partial charge < -0.3 is 21.7 Å². The van der Waals surface area contributed by atoms with E-state index in [9.17, 15) is 9.59 Å². The second kappa shape index (κ2) is 8.38. The summed E-state index contributed by atoms with van der Waals surface area (Å²) in [7, 11) is 0. The summed E-state index contributed by atoms with van der Waals surface area (Å²) in [5, 5.41) is 8.05. The Labute approximate surface area is 131 Å². The Morgan fingerprint density at radius 2 is 1.77 bits per heavy atom. The summed E-state index contributed by atoms with van der Waals surface area (Å²) in [5.74, 6) is -0.250. The van der Waals surface area contributed by atoms with Crippen molar-refractivity contribution < 1.29 is 9.59 Å². The lowest BCUT2D eigenvalue weighted by molar-refractivity contribution is -0.122. The Morgan fingerprint density at radius 3 is 2.32 bits per heavy atom. The Bertz CT molecular complexity index is 486. The van der Waals surface area contributed by atoms with Crippen molar-refractivity contribution in [2.24, 2.45) is 5.73 Å². The first-order valence-corrected chi connectivity index (χ1v) is 7.59. The Hall–Kier alpha value is -2.08. The van der Waals surface area contributed by atoms with Gasteiger partial charge in [-0.15, -0.1) is 0 Å². The fourth-order valence-corrected chi connectivity index (χ4v) is 1.87. The quantitative estimate of drug-likeness (QED) is 0.619. The van der Waals surface area contributed by atoms with Crippen molar-refractivity contribution in [2.75, 3.05) is 11.9 Å². The minimum Gasteiger partial charge on any atom is -0.352 e. The van der Waals surface area contributed by atoms with Crippen LogP contribution in [-0.4, -0.2) is 30.1 Å². The molecule has 6 heteroatoms. The lowest BCUT2D eigenvalue weighted by atomic mass is 9.94. The zero-order valence-electron chi connectivity index (χ0n) is 13.5. The fraction of sp³-hybridized carbons (Fsp3) is 0.500. The number of nitrogens with two attached hydrogens (primary N) is 1. The second-order valence-corrected chi connectivity index (χ2v) is 5.47. The number of rotatable bonds is 7. The fourth-order valence-electron chi connectivity index (χ4n) is 1.87. The number of anilines is 1. The highest BCUT2D eigenvalue weighted by Gasteiger charge is 2.23. The number of carbonyl (C=O) groups is 2. The van der Waals surface area contributed by atoms with E-state index in [0.29, 0.717) is 12.2 Å². The molecule has 0 saturated heterocycles. The monoisotopic (exact) mass is 306 g/mol. The molecule has 0 heterocycles. The molecule has 5 N–H and O–H groups in total. The zero-order chi connectivity index (χ0) is 16.6. The van der Waals surface area contributed by atoms with Gasteiger partial charge in [-0.25, -0.2) is 4.79 Å². The molecule has 0 spiro atoms. The van der Waals surface area contributed by atoms with E-state index in [0.717, 1.165) is 12.8 Å². The first kappa shape index (κ1) is 18.0. The smallest absolute Gasteiger partial charge is 0.319 e. The van der Waals surface area contributed by atoms with Crippen molar-refractivity contribution in [3.63, 3.8) is 0 Å². The number of amides is 3. The maximum Gasteiger partial charge on any atom is 0.319 e. The van der Waals surface area contributed by atoms with Gasteiger partial charge >= 0.3 is 6.03 Å². The topological polar surface area (TPSA) is 96.2 Å². The van der Waals surface area contributed by atoms with Crippen LogP contribution in [0.2, 0.25) is 0 Å². The number of nitrogens with one attached hydrogen (secondary N) is 3. The SMILES string of the molecule is CCC(N)(CC)CNC(=O)C(C)NC(=O)Nc1ccccc1. The number of urea groups is 1. The molecule has 0 saturated carbocycles. The molecule has 22 heavy (non-hydrogen) atoms. The molecule has 0 radical (unpaired) electrons. The van der Waals surface area contributed by atoms with Crippen LogP contribution >= 0.6 is 0 Å². The van der Waals surface area contributed by atoms with Crippen molar-refractivity contribution in [1.82, 2.24) is 10.6 Å². The molecule has 0 aliphatic carbocycles. The third-order valence-electron chi connectivity index (χ3n) is 3.80. The molecule has 3 amide bonds. The summed E-state index contributed by atoms with van der Waals surface area (Å²) in [6.45, 7) is 6.01. The lowest BCUT2D eigenvalue weighted by Crippen LogP contribution is -2.53. The van der Waals surface area contributed by atoms with Gasteiger partial charge in [0.15, 0.2) is 0 Å². The van der Waals surface area contributed by atoms with Crippen LogP contribution < -0.4 is 21.7 Å². The highest BCUT2D eigenvalue weighted by molar-refractivity contribution is 5.93. The number of carbonyl (C=O) groups excluding carboxylic acids is 2. The van der Waals surface area contributed by atoms with Gasteiger partial charge in [0.2, 0.25) is 5.91 Å². The van der Waals surface area contributed by atoms with E-state index in [2.05, 4.69) is 16.0 Å². The van der Waals surface area contributed by atoms with Crippen LogP contribution in [0.5, 0.6) is 0 Å². The molecule has 0 bridgehead atoms. The highest BCUT2D eigenvalue weighted by atomic mass is 16.2. The summed E-state index contributed by atoms with van der Waals surface area (Å²) >= 11 is 0. The third-order valence-corrected chi connectivity index (χ3v) is 3.80. The summed E-state index contributed by atoms with van der Waals surface area (Å²) < 4.78 is 0. The predicted molar refractivity (Wildman–Crippen MR) is 88.6 cm³/mol. The van der Waals surface area contributed by atoms with Crippen molar-refractivity contribution in [3.8, 4) is 0 Å². The number of hydrogen-bond donors (Lipinski definition) is 4. The normalized spacial score (nSPS) is 12.4. The van der Waals surface area contributed by atoms with Crippen molar-refractivity contribution in [2.45, 2.75) is 45.2 Å². The summed E-state index contributed by atoms with van der Waals surface area (Å²) in [5.41, 5.74) is 6.40. The molecule has 1 atom stereocenters. The minimum atomic E-state index is -0.637. The van der Waals surface area contributed by atoms with Crippen LogP contribution in [0.1, 0.15) is 33.6 Å². The van der Waals surface area contributed by atoms with E-state index >= 15 is 0 Å². The van der Waals surface area contributed by atoms with Crippen LogP contribution in [-0.2, 0) is 4.79 Å². The van der Waals surface area contributed by atoms with E-state index < -0.39 is 17.6 Å². The van der Waals surface area contributed by atoms with Gasteiger partial charge in [0.1, 0.15) is 6.04 Å².